The highest BCUT2D eigenvalue weighted by Crippen LogP contribution is 2.39. The molecule has 2 atom stereocenters. The van der Waals surface area contributed by atoms with Crippen LogP contribution in [0.4, 0.5) is 5.13 Å². The number of primary amides is 1. The van der Waals surface area contributed by atoms with Crippen LogP contribution >= 0.6 is 23.1 Å². The minimum Gasteiger partial charge on any atom is -0.368 e. The third-order valence-electron chi connectivity index (χ3n) is 4.18. The number of nitrogens with one attached hydrogen (secondary N) is 1. The molecule has 3 N–H and O–H groups in total. The Bertz CT molecular complexity index is 493. The molecule has 0 bridgehead atoms. The van der Waals surface area contributed by atoms with Gasteiger partial charge < -0.3 is 16.0 Å². The Labute approximate surface area is 133 Å². The molecule has 21 heavy (non-hydrogen) atoms. The van der Waals surface area contributed by atoms with Crippen LogP contribution in [0.1, 0.15) is 25.7 Å². The molecule has 1 aromatic rings. The standard InChI is InChI=1S/C13H23N5OS2/c1-15-13(10(14)19)7-4-5-9(13)6-8-20-12-17-16-11(21-12)18(2)3/h9,15H,4-8H2,1-3H3,(H2,14,19). The second-order valence-electron chi connectivity index (χ2n) is 5.56. The molecule has 1 aromatic heterocycles. The summed E-state index contributed by atoms with van der Waals surface area (Å²) in [6.45, 7) is 0. The minimum absolute atomic E-state index is 0.219. The number of likely N-dealkylation sites (N-methyl/N-ethyl adjacent to an activating group) is 1. The van der Waals surface area contributed by atoms with Gasteiger partial charge in [0.05, 0.1) is 0 Å². The first kappa shape index (κ1) is 16.5. The summed E-state index contributed by atoms with van der Waals surface area (Å²) >= 11 is 3.30. The number of anilines is 1. The van der Waals surface area contributed by atoms with Crippen LogP contribution in [0, 0.1) is 5.92 Å². The molecule has 0 aliphatic heterocycles. The molecular formula is C13H23N5OS2. The van der Waals surface area contributed by atoms with Gasteiger partial charge in [-0.25, -0.2) is 0 Å². The highest BCUT2D eigenvalue weighted by Gasteiger charge is 2.46. The Balaban J connectivity index is 1.89. The van der Waals surface area contributed by atoms with Gasteiger partial charge in [-0.2, -0.15) is 0 Å². The lowest BCUT2D eigenvalue weighted by Gasteiger charge is -2.32. The number of nitrogens with zero attached hydrogens (tertiary/aromatic N) is 3. The number of rotatable bonds is 7. The van der Waals surface area contributed by atoms with Gasteiger partial charge in [0.15, 0.2) is 4.34 Å². The van der Waals surface area contributed by atoms with Gasteiger partial charge in [-0.05, 0) is 32.2 Å². The monoisotopic (exact) mass is 329 g/mol. The van der Waals surface area contributed by atoms with Crippen molar-refractivity contribution in [2.45, 2.75) is 35.6 Å². The lowest BCUT2D eigenvalue weighted by atomic mass is 9.84. The lowest BCUT2D eigenvalue weighted by Crippen LogP contribution is -2.56. The van der Waals surface area contributed by atoms with E-state index in [9.17, 15) is 4.79 Å². The highest BCUT2D eigenvalue weighted by atomic mass is 32.2. The first-order chi connectivity index (χ1) is 9.99. The summed E-state index contributed by atoms with van der Waals surface area (Å²) in [5, 5.41) is 12.4. The number of carbonyl (C=O) groups is 1. The highest BCUT2D eigenvalue weighted by molar-refractivity contribution is 8.01. The molecule has 0 radical (unpaired) electrons. The first-order valence-electron chi connectivity index (χ1n) is 7.12. The van der Waals surface area contributed by atoms with Crippen molar-refractivity contribution in [1.29, 1.82) is 0 Å². The van der Waals surface area contributed by atoms with Crippen molar-refractivity contribution in [2.75, 3.05) is 31.8 Å². The minimum atomic E-state index is -0.517. The molecule has 1 fully saturated rings. The summed E-state index contributed by atoms with van der Waals surface area (Å²) in [5.41, 5.74) is 5.10. The van der Waals surface area contributed by atoms with E-state index in [1.54, 1.807) is 23.1 Å². The summed E-state index contributed by atoms with van der Waals surface area (Å²) in [4.78, 5) is 13.8. The Kier molecular flexibility index (Phi) is 5.45. The number of nitrogens with two attached hydrogens (primary N) is 1. The van der Waals surface area contributed by atoms with E-state index in [-0.39, 0.29) is 5.91 Å². The molecule has 8 heteroatoms. The fourth-order valence-corrected chi connectivity index (χ4v) is 4.86. The van der Waals surface area contributed by atoms with Crippen molar-refractivity contribution in [1.82, 2.24) is 15.5 Å². The van der Waals surface area contributed by atoms with Crippen LogP contribution in [0.2, 0.25) is 0 Å². The molecule has 0 saturated heterocycles. The Morgan fingerprint density at radius 1 is 1.57 bits per heavy atom. The van der Waals surface area contributed by atoms with Crippen molar-refractivity contribution in [2.24, 2.45) is 11.7 Å². The SMILES string of the molecule is CNC1(C(N)=O)CCCC1CCSc1nnc(N(C)C)s1. The lowest BCUT2D eigenvalue weighted by molar-refractivity contribution is -0.125. The van der Waals surface area contributed by atoms with E-state index in [0.29, 0.717) is 5.92 Å². The fourth-order valence-electron chi connectivity index (χ4n) is 2.98. The largest absolute Gasteiger partial charge is 0.368 e. The summed E-state index contributed by atoms with van der Waals surface area (Å²) in [7, 11) is 5.76. The average Bonchev–Trinajstić information content (AvgIpc) is 3.06. The molecule has 2 rings (SSSR count). The molecule has 118 valence electrons. The van der Waals surface area contributed by atoms with Crippen LogP contribution in [0.3, 0.4) is 0 Å². The topological polar surface area (TPSA) is 84.1 Å². The van der Waals surface area contributed by atoms with Crippen LogP contribution in [-0.4, -0.2) is 48.5 Å². The third kappa shape index (κ3) is 3.49. The van der Waals surface area contributed by atoms with Gasteiger partial charge in [-0.1, -0.05) is 29.5 Å². The summed E-state index contributed by atoms with van der Waals surface area (Å²) < 4.78 is 0.978. The van der Waals surface area contributed by atoms with Gasteiger partial charge in [0, 0.05) is 19.8 Å². The quantitative estimate of drug-likeness (QED) is 0.734. The maximum Gasteiger partial charge on any atom is 0.238 e. The summed E-state index contributed by atoms with van der Waals surface area (Å²) in [6, 6.07) is 0. The second kappa shape index (κ2) is 6.93. The number of hydrogen-bond acceptors (Lipinski definition) is 7. The van der Waals surface area contributed by atoms with Gasteiger partial charge in [-0.15, -0.1) is 10.2 Å². The molecule has 0 aromatic carbocycles. The molecule has 1 saturated carbocycles. The number of thioether (sulfide) groups is 1. The predicted octanol–water partition coefficient (Wildman–Crippen LogP) is 1.33. The van der Waals surface area contributed by atoms with Crippen molar-refractivity contribution >= 4 is 34.1 Å². The molecule has 1 amide bonds. The Morgan fingerprint density at radius 2 is 2.33 bits per heavy atom. The Morgan fingerprint density at radius 3 is 2.90 bits per heavy atom. The van der Waals surface area contributed by atoms with Gasteiger partial charge in [-0.3, -0.25) is 4.79 Å². The van der Waals surface area contributed by atoms with E-state index >= 15 is 0 Å². The summed E-state index contributed by atoms with van der Waals surface area (Å²) in [6.07, 6.45) is 3.93. The van der Waals surface area contributed by atoms with Crippen molar-refractivity contribution < 1.29 is 4.79 Å². The molecule has 1 heterocycles. The Hall–Kier alpha value is -0.860. The zero-order valence-corrected chi connectivity index (χ0v) is 14.4. The number of aromatic nitrogens is 2. The third-order valence-corrected chi connectivity index (χ3v) is 6.43. The maximum atomic E-state index is 11.8. The van der Waals surface area contributed by atoms with Crippen LogP contribution in [-0.2, 0) is 4.79 Å². The number of carbonyl (C=O) groups excluding carboxylic acids is 1. The van der Waals surface area contributed by atoms with Gasteiger partial charge in [0.1, 0.15) is 5.54 Å². The average molecular weight is 329 g/mol. The maximum absolute atomic E-state index is 11.8. The van der Waals surface area contributed by atoms with Gasteiger partial charge >= 0.3 is 0 Å². The number of amides is 1. The first-order valence-corrected chi connectivity index (χ1v) is 8.92. The van der Waals surface area contributed by atoms with Gasteiger partial charge in [0.2, 0.25) is 11.0 Å². The molecule has 6 nitrogen and oxygen atoms in total. The van der Waals surface area contributed by atoms with E-state index in [1.807, 2.05) is 26.0 Å². The normalized spacial score (nSPS) is 25.2. The van der Waals surface area contributed by atoms with E-state index in [4.69, 9.17) is 5.73 Å². The van der Waals surface area contributed by atoms with Crippen molar-refractivity contribution in [3.8, 4) is 0 Å². The van der Waals surface area contributed by atoms with E-state index in [2.05, 4.69) is 15.5 Å². The van der Waals surface area contributed by atoms with Crippen molar-refractivity contribution in [3.63, 3.8) is 0 Å². The molecule has 1 aliphatic rings. The summed E-state index contributed by atoms with van der Waals surface area (Å²) in [5.74, 6) is 1.03. The predicted molar refractivity (Wildman–Crippen MR) is 87.9 cm³/mol. The van der Waals surface area contributed by atoms with E-state index in [0.717, 1.165) is 40.9 Å². The van der Waals surface area contributed by atoms with Crippen LogP contribution in [0.15, 0.2) is 4.34 Å². The molecule has 1 aliphatic carbocycles. The van der Waals surface area contributed by atoms with Crippen LogP contribution < -0.4 is 16.0 Å². The number of hydrogen-bond donors (Lipinski definition) is 2. The zero-order chi connectivity index (χ0) is 15.5. The molecular weight excluding hydrogens is 306 g/mol. The van der Waals surface area contributed by atoms with E-state index < -0.39 is 5.54 Å². The van der Waals surface area contributed by atoms with E-state index in [1.165, 1.54) is 0 Å². The molecule has 0 spiro atoms. The smallest absolute Gasteiger partial charge is 0.238 e. The fraction of sp³-hybridized carbons (Fsp3) is 0.769. The second-order valence-corrected chi connectivity index (χ2v) is 7.85. The zero-order valence-electron chi connectivity index (χ0n) is 12.8. The van der Waals surface area contributed by atoms with Crippen LogP contribution in [0.25, 0.3) is 0 Å². The van der Waals surface area contributed by atoms with Crippen molar-refractivity contribution in [3.05, 3.63) is 0 Å². The molecule has 2 unspecified atom stereocenters. The van der Waals surface area contributed by atoms with Gasteiger partial charge in [0.25, 0.3) is 0 Å². The van der Waals surface area contributed by atoms with Crippen LogP contribution in [0.5, 0.6) is 0 Å².